The van der Waals surface area contributed by atoms with Crippen molar-refractivity contribution in [2.75, 3.05) is 27.3 Å². The van der Waals surface area contributed by atoms with Crippen LogP contribution in [0.15, 0.2) is 24.3 Å². The maximum absolute atomic E-state index is 12.0. The summed E-state index contributed by atoms with van der Waals surface area (Å²) in [6, 6.07) is 7.25. The third kappa shape index (κ3) is 7.04. The average molecular weight is 322 g/mol. The van der Waals surface area contributed by atoms with Gasteiger partial charge in [-0.1, -0.05) is 12.1 Å². The number of carbonyl (C=O) groups is 2. The first-order valence-corrected chi connectivity index (χ1v) is 7.53. The Labute approximate surface area is 137 Å². The van der Waals surface area contributed by atoms with E-state index in [0.717, 1.165) is 0 Å². The molecule has 0 saturated heterocycles. The summed E-state index contributed by atoms with van der Waals surface area (Å²) in [5.74, 6) is 0.886. The number of rotatable bonds is 7. The molecule has 0 saturated carbocycles. The Morgan fingerprint density at radius 1 is 1.17 bits per heavy atom. The molecule has 1 aromatic rings. The largest absolute Gasteiger partial charge is 0.493 e. The molecule has 0 aliphatic carbocycles. The predicted octanol–water partition coefficient (Wildman–Crippen LogP) is 1.84. The molecule has 6 heteroatoms. The second-order valence-electron chi connectivity index (χ2n) is 6.30. The standard InChI is InChI=1S/C17H26N2O4/c1-17(2,3)18-15(20)12-19(4)16(21)10-11-23-14-9-7-6-8-13(14)22-5/h6-9H,10-12H2,1-5H3,(H,18,20). The number of methoxy groups -OCH3 is 1. The molecule has 0 atom stereocenters. The van der Waals surface area contributed by atoms with E-state index in [2.05, 4.69) is 5.32 Å². The quantitative estimate of drug-likeness (QED) is 0.832. The minimum absolute atomic E-state index is 0.0325. The van der Waals surface area contributed by atoms with Crippen LogP contribution in [-0.2, 0) is 9.59 Å². The van der Waals surface area contributed by atoms with E-state index in [9.17, 15) is 9.59 Å². The van der Waals surface area contributed by atoms with Crippen LogP contribution in [0.1, 0.15) is 27.2 Å². The van der Waals surface area contributed by atoms with Crippen LogP contribution in [0.5, 0.6) is 11.5 Å². The van der Waals surface area contributed by atoms with Crippen molar-refractivity contribution >= 4 is 11.8 Å². The van der Waals surface area contributed by atoms with Gasteiger partial charge in [-0.3, -0.25) is 9.59 Å². The van der Waals surface area contributed by atoms with Crippen molar-refractivity contribution in [1.82, 2.24) is 10.2 Å². The molecule has 0 bridgehead atoms. The fraction of sp³-hybridized carbons (Fsp3) is 0.529. The highest BCUT2D eigenvalue weighted by Crippen LogP contribution is 2.25. The first-order valence-electron chi connectivity index (χ1n) is 7.53. The van der Waals surface area contributed by atoms with Gasteiger partial charge in [0, 0.05) is 12.6 Å². The van der Waals surface area contributed by atoms with E-state index in [4.69, 9.17) is 9.47 Å². The second kappa shape index (κ2) is 8.41. The summed E-state index contributed by atoms with van der Waals surface area (Å²) in [6.45, 7) is 5.95. The molecule has 0 radical (unpaired) electrons. The average Bonchev–Trinajstić information content (AvgIpc) is 2.45. The third-order valence-electron chi connectivity index (χ3n) is 2.96. The maximum Gasteiger partial charge on any atom is 0.240 e. The van der Waals surface area contributed by atoms with E-state index in [1.165, 1.54) is 4.90 Å². The van der Waals surface area contributed by atoms with Crippen LogP contribution in [-0.4, -0.2) is 49.6 Å². The van der Waals surface area contributed by atoms with Crippen molar-refractivity contribution in [1.29, 1.82) is 0 Å². The van der Waals surface area contributed by atoms with Gasteiger partial charge in [0.1, 0.15) is 0 Å². The molecular weight excluding hydrogens is 296 g/mol. The van der Waals surface area contributed by atoms with E-state index in [0.29, 0.717) is 11.5 Å². The van der Waals surface area contributed by atoms with Crippen LogP contribution in [0.3, 0.4) is 0 Å². The number of hydrogen-bond donors (Lipinski definition) is 1. The summed E-state index contributed by atoms with van der Waals surface area (Å²) in [5, 5.41) is 2.82. The normalized spacial score (nSPS) is 10.8. The highest BCUT2D eigenvalue weighted by atomic mass is 16.5. The van der Waals surface area contributed by atoms with Crippen molar-refractivity contribution in [2.24, 2.45) is 0 Å². The molecule has 0 aromatic heterocycles. The molecule has 6 nitrogen and oxygen atoms in total. The van der Waals surface area contributed by atoms with E-state index >= 15 is 0 Å². The fourth-order valence-corrected chi connectivity index (χ4v) is 1.94. The van der Waals surface area contributed by atoms with Crippen LogP contribution >= 0.6 is 0 Å². The van der Waals surface area contributed by atoms with Gasteiger partial charge in [0.05, 0.1) is 26.7 Å². The van der Waals surface area contributed by atoms with Gasteiger partial charge >= 0.3 is 0 Å². The van der Waals surface area contributed by atoms with Crippen molar-refractivity contribution in [2.45, 2.75) is 32.7 Å². The lowest BCUT2D eigenvalue weighted by Crippen LogP contribution is -2.46. The Morgan fingerprint density at radius 2 is 1.78 bits per heavy atom. The molecule has 1 N–H and O–H groups in total. The molecule has 2 amide bonds. The van der Waals surface area contributed by atoms with Gasteiger partial charge in [-0.25, -0.2) is 0 Å². The Balaban J connectivity index is 2.40. The molecule has 0 fully saturated rings. The molecule has 1 aromatic carbocycles. The van der Waals surface area contributed by atoms with Crippen molar-refractivity contribution in [3.8, 4) is 11.5 Å². The Hall–Kier alpha value is -2.24. The molecule has 23 heavy (non-hydrogen) atoms. The fourth-order valence-electron chi connectivity index (χ4n) is 1.94. The lowest BCUT2D eigenvalue weighted by atomic mass is 10.1. The number of para-hydroxylation sites is 2. The number of hydrogen-bond acceptors (Lipinski definition) is 4. The lowest BCUT2D eigenvalue weighted by molar-refractivity contribution is -0.135. The smallest absolute Gasteiger partial charge is 0.240 e. The summed E-state index contributed by atoms with van der Waals surface area (Å²) in [5.41, 5.74) is -0.312. The second-order valence-corrected chi connectivity index (χ2v) is 6.30. The summed E-state index contributed by atoms with van der Waals surface area (Å²) >= 11 is 0. The zero-order chi connectivity index (χ0) is 17.5. The van der Waals surface area contributed by atoms with Gasteiger partial charge in [0.25, 0.3) is 0 Å². The van der Waals surface area contributed by atoms with Crippen molar-refractivity contribution < 1.29 is 19.1 Å². The van der Waals surface area contributed by atoms with Crippen molar-refractivity contribution in [3.05, 3.63) is 24.3 Å². The zero-order valence-corrected chi connectivity index (χ0v) is 14.5. The van der Waals surface area contributed by atoms with Gasteiger partial charge in [0.2, 0.25) is 11.8 Å². The molecule has 0 spiro atoms. The predicted molar refractivity (Wildman–Crippen MR) is 88.6 cm³/mol. The molecule has 0 aliphatic rings. The Bertz CT molecular complexity index is 538. The number of ether oxygens (including phenoxy) is 2. The number of nitrogens with zero attached hydrogens (tertiary/aromatic N) is 1. The number of amides is 2. The van der Waals surface area contributed by atoms with E-state index in [1.54, 1.807) is 26.3 Å². The number of nitrogens with one attached hydrogen (secondary N) is 1. The SMILES string of the molecule is COc1ccccc1OCCC(=O)N(C)CC(=O)NC(C)(C)C. The molecule has 0 heterocycles. The minimum Gasteiger partial charge on any atom is -0.493 e. The molecule has 128 valence electrons. The Kier molecular flexibility index (Phi) is 6.88. The van der Waals surface area contributed by atoms with Gasteiger partial charge in [0.15, 0.2) is 11.5 Å². The van der Waals surface area contributed by atoms with E-state index in [1.807, 2.05) is 32.9 Å². The molecular formula is C17H26N2O4. The third-order valence-corrected chi connectivity index (χ3v) is 2.96. The molecule has 1 rings (SSSR count). The lowest BCUT2D eigenvalue weighted by Gasteiger charge is -2.23. The number of carbonyl (C=O) groups excluding carboxylic acids is 2. The molecule has 0 aliphatic heterocycles. The van der Waals surface area contributed by atoms with Crippen LogP contribution in [0, 0.1) is 0 Å². The van der Waals surface area contributed by atoms with Crippen LogP contribution in [0.2, 0.25) is 0 Å². The monoisotopic (exact) mass is 322 g/mol. The summed E-state index contributed by atoms with van der Waals surface area (Å²) in [6.07, 6.45) is 0.192. The van der Waals surface area contributed by atoms with E-state index in [-0.39, 0.29) is 36.9 Å². The Morgan fingerprint density at radius 3 is 2.35 bits per heavy atom. The first-order chi connectivity index (χ1) is 10.7. The molecule has 0 unspecified atom stereocenters. The van der Waals surface area contributed by atoms with Gasteiger partial charge in [-0.15, -0.1) is 0 Å². The topological polar surface area (TPSA) is 67.9 Å². The van der Waals surface area contributed by atoms with Gasteiger partial charge in [-0.05, 0) is 32.9 Å². The minimum atomic E-state index is -0.312. The maximum atomic E-state index is 12.0. The van der Waals surface area contributed by atoms with Crippen LogP contribution in [0.25, 0.3) is 0 Å². The van der Waals surface area contributed by atoms with Gasteiger partial charge < -0.3 is 19.7 Å². The first kappa shape index (κ1) is 18.8. The summed E-state index contributed by atoms with van der Waals surface area (Å²) in [7, 11) is 3.17. The van der Waals surface area contributed by atoms with Crippen molar-refractivity contribution in [3.63, 3.8) is 0 Å². The summed E-state index contributed by atoms with van der Waals surface area (Å²) < 4.78 is 10.7. The summed E-state index contributed by atoms with van der Waals surface area (Å²) in [4.78, 5) is 25.2. The highest BCUT2D eigenvalue weighted by molar-refractivity contribution is 5.85. The van der Waals surface area contributed by atoms with Gasteiger partial charge in [-0.2, -0.15) is 0 Å². The number of likely N-dealkylation sites (N-methyl/N-ethyl adjacent to an activating group) is 1. The van der Waals surface area contributed by atoms with Crippen LogP contribution < -0.4 is 14.8 Å². The zero-order valence-electron chi connectivity index (χ0n) is 14.5. The van der Waals surface area contributed by atoms with Crippen LogP contribution in [0.4, 0.5) is 0 Å². The highest BCUT2D eigenvalue weighted by Gasteiger charge is 2.17. The van der Waals surface area contributed by atoms with E-state index < -0.39 is 0 Å². The number of benzene rings is 1.